The largest absolute Gasteiger partial charge is 0.507 e. The Morgan fingerprint density at radius 1 is 1.35 bits per heavy atom. The first kappa shape index (κ1) is 11.6. The van der Waals surface area contributed by atoms with Crippen LogP contribution in [0.1, 0.15) is 15.2 Å². The quantitative estimate of drug-likeness (QED) is 0.660. The second-order valence-electron chi connectivity index (χ2n) is 3.24. The highest BCUT2D eigenvalue weighted by atomic mass is 35.5. The van der Waals surface area contributed by atoms with Crippen LogP contribution in [0, 0.1) is 6.57 Å². The molecule has 84 valence electrons. The number of nitrogens with zero attached hydrogens (tertiary/aromatic N) is 1. The van der Waals surface area contributed by atoms with E-state index >= 15 is 0 Å². The first-order valence-corrected chi connectivity index (χ1v) is 5.82. The summed E-state index contributed by atoms with van der Waals surface area (Å²) in [5.74, 6) is -0.443. The lowest BCUT2D eigenvalue weighted by Crippen LogP contribution is -1.98. The molecule has 2 rings (SSSR count). The first-order chi connectivity index (χ1) is 8.11. The predicted octanol–water partition coefficient (Wildman–Crippen LogP) is 3.89. The Hall–Kier alpha value is -1.83. The van der Waals surface area contributed by atoms with Crippen LogP contribution in [-0.2, 0) is 0 Å². The van der Waals surface area contributed by atoms with Crippen molar-refractivity contribution >= 4 is 33.7 Å². The molecule has 0 aliphatic rings. The minimum Gasteiger partial charge on any atom is -0.507 e. The molecule has 0 unspecified atom stereocenters. The molecule has 0 saturated heterocycles. The van der Waals surface area contributed by atoms with E-state index in [9.17, 15) is 9.90 Å². The van der Waals surface area contributed by atoms with Gasteiger partial charge in [-0.2, -0.15) is 0 Å². The van der Waals surface area contributed by atoms with Gasteiger partial charge in [0.15, 0.2) is 0 Å². The van der Waals surface area contributed by atoms with Crippen LogP contribution in [0.5, 0.6) is 5.75 Å². The van der Waals surface area contributed by atoms with Crippen LogP contribution in [0.4, 0.5) is 5.00 Å². The van der Waals surface area contributed by atoms with Crippen LogP contribution >= 0.6 is 22.9 Å². The molecular formula is C12H6ClNO2S. The molecule has 1 N–H and O–H groups in total. The summed E-state index contributed by atoms with van der Waals surface area (Å²) in [5, 5.41) is 10.4. The van der Waals surface area contributed by atoms with Gasteiger partial charge < -0.3 is 5.11 Å². The molecule has 3 nitrogen and oxygen atoms in total. The molecular weight excluding hydrogens is 258 g/mol. The van der Waals surface area contributed by atoms with Crippen LogP contribution in [0.2, 0.25) is 5.02 Å². The molecule has 2 aromatic rings. The van der Waals surface area contributed by atoms with Gasteiger partial charge in [0.2, 0.25) is 10.8 Å². The number of thiophene rings is 1. The van der Waals surface area contributed by atoms with Gasteiger partial charge in [-0.05, 0) is 24.3 Å². The van der Waals surface area contributed by atoms with Gasteiger partial charge in [-0.15, -0.1) is 11.3 Å². The monoisotopic (exact) mass is 263 g/mol. The zero-order valence-corrected chi connectivity index (χ0v) is 10.0. The second kappa shape index (κ2) is 4.58. The van der Waals surface area contributed by atoms with Gasteiger partial charge in [0.05, 0.1) is 17.0 Å². The summed E-state index contributed by atoms with van der Waals surface area (Å²) in [6, 6.07) is 7.44. The highest BCUT2D eigenvalue weighted by molar-refractivity contribution is 7.18. The highest BCUT2D eigenvalue weighted by Crippen LogP contribution is 2.30. The Labute approximate surface area is 107 Å². The van der Waals surface area contributed by atoms with Crippen molar-refractivity contribution in [2.45, 2.75) is 0 Å². The molecule has 0 amide bonds. The van der Waals surface area contributed by atoms with E-state index in [0.717, 1.165) is 11.3 Å². The molecule has 0 radical (unpaired) electrons. The maximum atomic E-state index is 12.0. The topological polar surface area (TPSA) is 41.7 Å². The number of carbonyl (C=O) groups is 1. The molecule has 0 bridgehead atoms. The Morgan fingerprint density at radius 3 is 2.76 bits per heavy atom. The number of halogens is 1. The fourth-order valence-corrected chi connectivity index (χ4v) is 2.25. The smallest absolute Gasteiger partial charge is 0.241 e. The van der Waals surface area contributed by atoms with Gasteiger partial charge in [0.1, 0.15) is 5.75 Å². The lowest BCUT2D eigenvalue weighted by molar-refractivity contribution is 0.104. The number of aromatic hydroxyl groups is 1. The third-order valence-electron chi connectivity index (χ3n) is 2.13. The fourth-order valence-electron chi connectivity index (χ4n) is 1.33. The lowest BCUT2D eigenvalue weighted by atomic mass is 10.1. The minimum absolute atomic E-state index is 0.114. The summed E-state index contributed by atoms with van der Waals surface area (Å²) in [4.78, 5) is 15.7. The Balaban J connectivity index is 2.44. The average Bonchev–Trinajstić information content (AvgIpc) is 2.80. The van der Waals surface area contributed by atoms with Crippen molar-refractivity contribution < 1.29 is 9.90 Å². The summed E-state index contributed by atoms with van der Waals surface area (Å²) in [7, 11) is 0. The maximum absolute atomic E-state index is 12.0. The molecule has 0 spiro atoms. The third-order valence-corrected chi connectivity index (χ3v) is 3.34. The number of phenols is 1. The number of hydrogen-bond acceptors (Lipinski definition) is 3. The highest BCUT2D eigenvalue weighted by Gasteiger charge is 2.15. The lowest BCUT2D eigenvalue weighted by Gasteiger charge is -2.02. The van der Waals surface area contributed by atoms with E-state index in [0.29, 0.717) is 14.9 Å². The van der Waals surface area contributed by atoms with E-state index in [1.165, 1.54) is 18.2 Å². The Morgan fingerprint density at radius 2 is 2.12 bits per heavy atom. The third kappa shape index (κ3) is 2.31. The second-order valence-corrected chi connectivity index (χ2v) is 4.74. The number of benzene rings is 1. The molecule has 1 aromatic heterocycles. The van der Waals surface area contributed by atoms with Gasteiger partial charge in [-0.1, -0.05) is 17.7 Å². The van der Waals surface area contributed by atoms with Crippen LogP contribution in [0.25, 0.3) is 4.85 Å². The van der Waals surface area contributed by atoms with E-state index in [2.05, 4.69) is 4.85 Å². The summed E-state index contributed by atoms with van der Waals surface area (Å²) >= 11 is 6.86. The van der Waals surface area contributed by atoms with E-state index in [1.54, 1.807) is 12.1 Å². The zero-order valence-electron chi connectivity index (χ0n) is 8.48. The van der Waals surface area contributed by atoms with Gasteiger partial charge in [0, 0.05) is 5.02 Å². The van der Waals surface area contributed by atoms with Crippen molar-refractivity contribution in [2.24, 2.45) is 0 Å². The van der Waals surface area contributed by atoms with Crippen LogP contribution in [0.3, 0.4) is 0 Å². The number of hydrogen-bond donors (Lipinski definition) is 1. The van der Waals surface area contributed by atoms with Crippen LogP contribution in [-0.4, -0.2) is 10.9 Å². The number of phenolic OH excluding ortho intramolecular Hbond substituents is 1. The van der Waals surface area contributed by atoms with E-state index in [-0.39, 0.29) is 17.1 Å². The number of ketones is 1. The zero-order chi connectivity index (χ0) is 12.4. The minimum atomic E-state index is -0.329. The molecule has 1 heterocycles. The molecule has 0 fully saturated rings. The Bertz CT molecular complexity index is 628. The van der Waals surface area contributed by atoms with Gasteiger partial charge >= 0.3 is 0 Å². The van der Waals surface area contributed by atoms with Gasteiger partial charge in [0.25, 0.3) is 0 Å². The van der Waals surface area contributed by atoms with Crippen molar-refractivity contribution in [1.82, 2.24) is 0 Å². The molecule has 0 aliphatic carbocycles. The van der Waals surface area contributed by atoms with E-state index in [1.807, 2.05) is 0 Å². The SMILES string of the molecule is [C-]#[N+]c1ccc(C(=O)c2cc(Cl)ccc2O)s1. The predicted molar refractivity (Wildman–Crippen MR) is 67.1 cm³/mol. The van der Waals surface area contributed by atoms with Crippen LogP contribution in [0.15, 0.2) is 30.3 Å². The van der Waals surface area contributed by atoms with Crippen molar-refractivity contribution in [3.05, 3.63) is 57.2 Å². The van der Waals surface area contributed by atoms with E-state index < -0.39 is 0 Å². The molecule has 0 saturated carbocycles. The molecule has 1 aromatic carbocycles. The molecule has 17 heavy (non-hydrogen) atoms. The van der Waals surface area contributed by atoms with Crippen molar-refractivity contribution in [3.8, 4) is 5.75 Å². The van der Waals surface area contributed by atoms with Crippen molar-refractivity contribution in [1.29, 1.82) is 0 Å². The average molecular weight is 264 g/mol. The first-order valence-electron chi connectivity index (χ1n) is 4.62. The normalized spacial score (nSPS) is 9.88. The number of rotatable bonds is 2. The van der Waals surface area contributed by atoms with Crippen LogP contribution < -0.4 is 0 Å². The fraction of sp³-hybridized carbons (Fsp3) is 0. The standard InChI is InChI=1S/C12H6ClNO2S/c1-14-11-5-4-10(17-11)12(16)8-6-7(13)2-3-9(8)15/h2-6,15H. The van der Waals surface area contributed by atoms with Gasteiger partial charge in [-0.3, -0.25) is 4.79 Å². The summed E-state index contributed by atoms with van der Waals surface area (Å²) in [5.41, 5.74) is 0.149. The number of carbonyl (C=O) groups excluding carboxylic acids is 1. The molecule has 0 aliphatic heterocycles. The summed E-state index contributed by atoms with van der Waals surface area (Å²) < 4.78 is 0. The van der Waals surface area contributed by atoms with E-state index in [4.69, 9.17) is 18.2 Å². The van der Waals surface area contributed by atoms with Gasteiger partial charge in [-0.25, -0.2) is 4.85 Å². The van der Waals surface area contributed by atoms with Crippen molar-refractivity contribution in [2.75, 3.05) is 0 Å². The summed E-state index contributed by atoms with van der Waals surface area (Å²) in [6.07, 6.45) is 0. The summed E-state index contributed by atoms with van der Waals surface area (Å²) in [6.45, 7) is 6.83. The van der Waals surface area contributed by atoms with Crippen molar-refractivity contribution in [3.63, 3.8) is 0 Å². The maximum Gasteiger partial charge on any atom is 0.241 e. The molecule has 5 heteroatoms. The Kier molecular flexibility index (Phi) is 3.14. The molecule has 0 atom stereocenters.